The van der Waals surface area contributed by atoms with E-state index >= 15 is 0 Å². The van der Waals surface area contributed by atoms with Gasteiger partial charge in [-0.05, 0) is 17.5 Å². The van der Waals surface area contributed by atoms with Gasteiger partial charge in [-0.1, -0.05) is 31.2 Å². The molecule has 102 valence electrons. The molecule has 0 fully saturated rings. The van der Waals surface area contributed by atoms with Crippen LogP contribution in [0.3, 0.4) is 0 Å². The van der Waals surface area contributed by atoms with Gasteiger partial charge in [0.2, 0.25) is 5.91 Å². The predicted molar refractivity (Wildman–Crippen MR) is 74.5 cm³/mol. The molecule has 1 aromatic carbocycles. The number of nitrogens with one attached hydrogen (secondary N) is 1. The highest BCUT2D eigenvalue weighted by molar-refractivity contribution is 5.85. The lowest BCUT2D eigenvalue weighted by atomic mass is 10.1. The normalized spacial score (nSPS) is 9.67. The number of ether oxygens (including phenoxy) is 1. The van der Waals surface area contributed by atoms with Crippen molar-refractivity contribution in [3.63, 3.8) is 0 Å². The molecule has 18 heavy (non-hydrogen) atoms. The first-order chi connectivity index (χ1) is 8.27. The van der Waals surface area contributed by atoms with Crippen LogP contribution in [0.1, 0.15) is 24.5 Å². The zero-order valence-electron chi connectivity index (χ0n) is 10.6. The van der Waals surface area contributed by atoms with Crippen LogP contribution in [0.25, 0.3) is 0 Å². The Hall–Kier alpha value is -1.10. The van der Waals surface area contributed by atoms with Crippen LogP contribution in [-0.2, 0) is 22.7 Å². The Morgan fingerprint density at radius 1 is 1.33 bits per heavy atom. The summed E-state index contributed by atoms with van der Waals surface area (Å²) in [6.07, 6.45) is 1.01. The van der Waals surface area contributed by atoms with Crippen molar-refractivity contribution in [1.82, 2.24) is 5.32 Å². The molecule has 0 aliphatic rings. The second-order valence-corrected chi connectivity index (χ2v) is 3.80. The van der Waals surface area contributed by atoms with Gasteiger partial charge in [0.05, 0.1) is 13.2 Å². The van der Waals surface area contributed by atoms with Crippen LogP contribution in [0.5, 0.6) is 0 Å². The molecule has 0 saturated heterocycles. The van der Waals surface area contributed by atoms with E-state index in [2.05, 4.69) is 12.2 Å². The van der Waals surface area contributed by atoms with Crippen molar-refractivity contribution in [2.75, 3.05) is 13.2 Å². The van der Waals surface area contributed by atoms with Gasteiger partial charge in [0.25, 0.3) is 0 Å². The molecule has 1 amide bonds. The summed E-state index contributed by atoms with van der Waals surface area (Å²) in [5, 5.41) is 2.76. The quantitative estimate of drug-likeness (QED) is 0.741. The first kappa shape index (κ1) is 16.9. The molecule has 0 bridgehead atoms. The summed E-state index contributed by atoms with van der Waals surface area (Å²) in [5.41, 5.74) is 7.42. The maximum absolute atomic E-state index is 11.1. The molecule has 0 radical (unpaired) electrons. The van der Waals surface area contributed by atoms with Crippen LogP contribution >= 0.6 is 12.4 Å². The molecule has 5 heteroatoms. The fourth-order valence-corrected chi connectivity index (χ4v) is 1.46. The number of halogens is 1. The van der Waals surface area contributed by atoms with Crippen molar-refractivity contribution in [2.24, 2.45) is 5.73 Å². The van der Waals surface area contributed by atoms with Gasteiger partial charge >= 0.3 is 0 Å². The third-order valence-corrected chi connectivity index (χ3v) is 2.39. The molecule has 0 unspecified atom stereocenters. The number of hydrogen-bond acceptors (Lipinski definition) is 3. The van der Waals surface area contributed by atoms with Crippen LogP contribution in [-0.4, -0.2) is 19.1 Å². The van der Waals surface area contributed by atoms with E-state index in [-0.39, 0.29) is 24.9 Å². The largest absolute Gasteiger partial charge is 0.377 e. The third-order valence-electron chi connectivity index (χ3n) is 2.39. The monoisotopic (exact) mass is 272 g/mol. The van der Waals surface area contributed by atoms with Crippen molar-refractivity contribution in [2.45, 2.75) is 26.5 Å². The first-order valence-corrected chi connectivity index (χ1v) is 5.89. The highest BCUT2D eigenvalue weighted by Gasteiger charge is 2.03. The third kappa shape index (κ3) is 6.00. The molecule has 0 aliphatic carbocycles. The van der Waals surface area contributed by atoms with Gasteiger partial charge in [0.15, 0.2) is 0 Å². The topological polar surface area (TPSA) is 64.3 Å². The number of carbonyl (C=O) groups is 1. The Morgan fingerprint density at radius 3 is 2.61 bits per heavy atom. The van der Waals surface area contributed by atoms with Gasteiger partial charge in [0.1, 0.15) is 0 Å². The van der Waals surface area contributed by atoms with Gasteiger partial charge in [0, 0.05) is 13.2 Å². The molecule has 0 spiro atoms. The van der Waals surface area contributed by atoms with Crippen LogP contribution in [0.15, 0.2) is 24.3 Å². The molecule has 1 rings (SSSR count). The molecule has 0 aromatic heterocycles. The second-order valence-electron chi connectivity index (χ2n) is 3.80. The van der Waals surface area contributed by atoms with E-state index in [1.807, 2.05) is 24.3 Å². The molecule has 1 aromatic rings. The van der Waals surface area contributed by atoms with Crippen molar-refractivity contribution < 1.29 is 9.53 Å². The summed E-state index contributed by atoms with van der Waals surface area (Å²) < 4.78 is 5.51. The zero-order chi connectivity index (χ0) is 12.5. The molecule has 0 atom stereocenters. The Labute approximate surface area is 114 Å². The highest BCUT2D eigenvalue weighted by Crippen LogP contribution is 2.10. The Kier molecular flexibility index (Phi) is 9.28. The van der Waals surface area contributed by atoms with E-state index in [0.29, 0.717) is 13.2 Å². The average molecular weight is 273 g/mol. The summed E-state index contributed by atoms with van der Waals surface area (Å²) in [5.74, 6) is -0.144. The summed E-state index contributed by atoms with van der Waals surface area (Å²) in [4.78, 5) is 11.1. The lowest BCUT2D eigenvalue weighted by Crippen LogP contribution is -2.30. The molecule has 0 aliphatic heterocycles. The van der Waals surface area contributed by atoms with E-state index in [1.165, 1.54) is 0 Å². The number of rotatable bonds is 7. The average Bonchev–Trinajstić information content (AvgIpc) is 2.37. The Bertz CT molecular complexity index is 359. The summed E-state index contributed by atoms with van der Waals surface area (Å²) >= 11 is 0. The van der Waals surface area contributed by atoms with Crippen LogP contribution in [0.2, 0.25) is 0 Å². The van der Waals surface area contributed by atoms with E-state index in [9.17, 15) is 4.79 Å². The Balaban J connectivity index is 0.00000289. The van der Waals surface area contributed by atoms with Crippen LogP contribution in [0, 0.1) is 0 Å². The summed E-state index contributed by atoms with van der Waals surface area (Å²) in [6, 6.07) is 7.92. The molecular formula is C13H21ClN2O2. The number of nitrogens with two attached hydrogens (primary N) is 1. The van der Waals surface area contributed by atoms with Crippen LogP contribution in [0.4, 0.5) is 0 Å². The van der Waals surface area contributed by atoms with Crippen molar-refractivity contribution >= 4 is 18.3 Å². The maximum Gasteiger partial charge on any atom is 0.234 e. The minimum atomic E-state index is -0.144. The fraction of sp³-hybridized carbons (Fsp3) is 0.462. The van der Waals surface area contributed by atoms with Crippen molar-refractivity contribution in [3.05, 3.63) is 35.4 Å². The fourth-order valence-electron chi connectivity index (χ4n) is 1.46. The first-order valence-electron chi connectivity index (χ1n) is 5.89. The summed E-state index contributed by atoms with van der Waals surface area (Å²) in [7, 11) is 0. The van der Waals surface area contributed by atoms with Gasteiger partial charge in [-0.3, -0.25) is 4.79 Å². The molecular weight excluding hydrogens is 252 g/mol. The van der Waals surface area contributed by atoms with Gasteiger partial charge in [-0.25, -0.2) is 0 Å². The molecule has 4 nitrogen and oxygen atoms in total. The van der Waals surface area contributed by atoms with Crippen molar-refractivity contribution in [1.29, 1.82) is 0 Å². The van der Waals surface area contributed by atoms with E-state index in [4.69, 9.17) is 10.5 Å². The van der Waals surface area contributed by atoms with Gasteiger partial charge in [-0.15, -0.1) is 12.4 Å². The molecule has 0 saturated carbocycles. The summed E-state index contributed by atoms with van der Waals surface area (Å²) in [6.45, 7) is 3.94. The minimum absolute atomic E-state index is 0. The standard InChI is InChI=1S/C13H20N2O2.ClH/c1-2-7-17-10-12-6-4-3-5-11(12)9-15-13(16)8-14;/h3-6H,2,7-10,14H2,1H3,(H,15,16);1H. The number of hydrogen-bond donors (Lipinski definition) is 2. The second kappa shape index (κ2) is 9.88. The molecule has 3 N–H and O–H groups in total. The smallest absolute Gasteiger partial charge is 0.234 e. The number of carbonyl (C=O) groups excluding carboxylic acids is 1. The predicted octanol–water partition coefficient (Wildman–Crippen LogP) is 1.61. The van der Waals surface area contributed by atoms with Crippen molar-refractivity contribution in [3.8, 4) is 0 Å². The minimum Gasteiger partial charge on any atom is -0.377 e. The van der Waals surface area contributed by atoms with E-state index in [1.54, 1.807) is 0 Å². The zero-order valence-corrected chi connectivity index (χ0v) is 11.5. The molecule has 0 heterocycles. The highest BCUT2D eigenvalue weighted by atomic mass is 35.5. The number of amides is 1. The van der Waals surface area contributed by atoms with Gasteiger partial charge < -0.3 is 15.8 Å². The van der Waals surface area contributed by atoms with E-state index < -0.39 is 0 Å². The lowest BCUT2D eigenvalue weighted by Gasteiger charge is -2.10. The SMILES string of the molecule is CCCOCc1ccccc1CNC(=O)CN.Cl. The Morgan fingerprint density at radius 2 is 2.00 bits per heavy atom. The van der Waals surface area contributed by atoms with E-state index in [0.717, 1.165) is 24.2 Å². The van der Waals surface area contributed by atoms with Gasteiger partial charge in [-0.2, -0.15) is 0 Å². The maximum atomic E-state index is 11.1. The van der Waals surface area contributed by atoms with Crippen LogP contribution < -0.4 is 11.1 Å². The number of benzene rings is 1. The lowest BCUT2D eigenvalue weighted by molar-refractivity contribution is -0.119.